The molecule has 1 heterocycles. The van der Waals surface area contributed by atoms with Gasteiger partial charge in [-0.25, -0.2) is 4.98 Å². The number of aromatic nitrogens is 2. The van der Waals surface area contributed by atoms with Gasteiger partial charge in [-0.05, 0) is 44.4 Å². The van der Waals surface area contributed by atoms with Crippen LogP contribution in [0.4, 0.5) is 0 Å². The van der Waals surface area contributed by atoms with E-state index < -0.39 is 0 Å². The molecule has 0 fully saturated rings. The van der Waals surface area contributed by atoms with E-state index in [1.807, 2.05) is 54.0 Å². The normalized spacial score (nSPS) is 13.6. The van der Waals surface area contributed by atoms with Gasteiger partial charge in [0.1, 0.15) is 6.04 Å². The molecule has 24 heavy (non-hydrogen) atoms. The maximum absolute atomic E-state index is 12.5. The number of aryl methyl sites for hydroxylation is 1. The molecule has 0 bridgehead atoms. The minimum atomic E-state index is -0.281. The van der Waals surface area contributed by atoms with E-state index in [4.69, 9.17) is 0 Å². The van der Waals surface area contributed by atoms with Crippen LogP contribution in [-0.4, -0.2) is 21.5 Å². The number of nitrogens with zero attached hydrogens (tertiary/aromatic N) is 2. The lowest BCUT2D eigenvalue weighted by molar-refractivity contribution is -0.124. The molecule has 2 aromatic carbocycles. The number of amides is 1. The number of imidazole rings is 1. The second kappa shape index (κ2) is 7.30. The summed E-state index contributed by atoms with van der Waals surface area (Å²) >= 11 is 0. The van der Waals surface area contributed by atoms with Gasteiger partial charge in [0.2, 0.25) is 5.91 Å². The van der Waals surface area contributed by atoms with Crippen LogP contribution in [0.2, 0.25) is 0 Å². The van der Waals surface area contributed by atoms with Crippen LogP contribution in [0.15, 0.2) is 60.9 Å². The maximum atomic E-state index is 12.5. The highest BCUT2D eigenvalue weighted by atomic mass is 16.2. The van der Waals surface area contributed by atoms with Gasteiger partial charge in [0.25, 0.3) is 0 Å². The number of hydrogen-bond donors (Lipinski definition) is 1. The summed E-state index contributed by atoms with van der Waals surface area (Å²) in [7, 11) is 0. The summed E-state index contributed by atoms with van der Waals surface area (Å²) in [5.41, 5.74) is 3.19. The van der Waals surface area contributed by atoms with Crippen LogP contribution < -0.4 is 5.32 Å². The quantitative estimate of drug-likeness (QED) is 0.752. The highest BCUT2D eigenvalue weighted by Crippen LogP contribution is 2.17. The minimum Gasteiger partial charge on any atom is -0.352 e. The first-order chi connectivity index (χ1) is 11.6. The highest BCUT2D eigenvalue weighted by Gasteiger charge is 2.18. The third-order valence-electron chi connectivity index (χ3n) is 4.38. The Kier molecular flexibility index (Phi) is 4.94. The molecular formula is C20H23N3O. The van der Waals surface area contributed by atoms with Crippen molar-refractivity contribution in [2.75, 3.05) is 0 Å². The van der Waals surface area contributed by atoms with Crippen LogP contribution in [0.5, 0.6) is 0 Å². The molecule has 0 spiro atoms. The van der Waals surface area contributed by atoms with Crippen molar-refractivity contribution in [2.24, 2.45) is 0 Å². The van der Waals surface area contributed by atoms with E-state index in [9.17, 15) is 4.79 Å². The second-order valence-electron chi connectivity index (χ2n) is 6.25. The molecule has 4 heteroatoms. The molecule has 4 nitrogen and oxygen atoms in total. The topological polar surface area (TPSA) is 46.9 Å². The highest BCUT2D eigenvalue weighted by molar-refractivity contribution is 5.83. The Labute approximate surface area is 142 Å². The molecule has 124 valence electrons. The molecule has 1 amide bonds. The zero-order valence-electron chi connectivity index (χ0n) is 14.1. The fourth-order valence-electron chi connectivity index (χ4n) is 2.88. The van der Waals surface area contributed by atoms with Gasteiger partial charge < -0.3 is 9.88 Å². The number of carbonyl (C=O) groups is 1. The molecule has 2 unspecified atom stereocenters. The number of nitrogens with one attached hydrogen (secondary N) is 1. The van der Waals surface area contributed by atoms with Crippen molar-refractivity contribution in [3.05, 3.63) is 66.5 Å². The molecule has 2 atom stereocenters. The molecule has 0 aliphatic rings. The number of fused-ring (bicyclic) bond motifs is 1. The van der Waals surface area contributed by atoms with E-state index in [2.05, 4.69) is 29.4 Å². The number of rotatable bonds is 6. The second-order valence-corrected chi connectivity index (χ2v) is 6.25. The van der Waals surface area contributed by atoms with Gasteiger partial charge in [-0.2, -0.15) is 0 Å². The molecule has 0 saturated heterocycles. The molecule has 3 rings (SSSR count). The lowest BCUT2D eigenvalue weighted by Gasteiger charge is -2.19. The van der Waals surface area contributed by atoms with Gasteiger partial charge in [0, 0.05) is 6.04 Å². The van der Waals surface area contributed by atoms with Gasteiger partial charge in [-0.3, -0.25) is 4.79 Å². The zero-order chi connectivity index (χ0) is 16.9. The van der Waals surface area contributed by atoms with E-state index in [1.165, 1.54) is 5.56 Å². The molecule has 0 aliphatic heterocycles. The van der Waals surface area contributed by atoms with Gasteiger partial charge in [0.05, 0.1) is 17.4 Å². The van der Waals surface area contributed by atoms with E-state index in [0.717, 1.165) is 23.9 Å². The van der Waals surface area contributed by atoms with Crippen LogP contribution in [0.3, 0.4) is 0 Å². The first kappa shape index (κ1) is 16.2. The maximum Gasteiger partial charge on any atom is 0.243 e. The molecule has 0 radical (unpaired) electrons. The SMILES string of the molecule is CC(CCc1ccccc1)NC(=O)C(C)n1cnc2ccccc21. The van der Waals surface area contributed by atoms with Crippen LogP contribution in [0, 0.1) is 0 Å². The first-order valence-electron chi connectivity index (χ1n) is 8.41. The Bertz CT molecular complexity index is 810. The Morgan fingerprint density at radius 1 is 1.08 bits per heavy atom. The fraction of sp³-hybridized carbons (Fsp3) is 0.300. The van der Waals surface area contributed by atoms with Gasteiger partial charge in [-0.15, -0.1) is 0 Å². The largest absolute Gasteiger partial charge is 0.352 e. The van der Waals surface area contributed by atoms with Crippen LogP contribution in [0.1, 0.15) is 31.9 Å². The molecule has 0 saturated carbocycles. The first-order valence-corrected chi connectivity index (χ1v) is 8.41. The smallest absolute Gasteiger partial charge is 0.243 e. The standard InChI is InChI=1S/C20H23N3O/c1-15(12-13-17-8-4-3-5-9-17)22-20(24)16(2)23-14-21-18-10-6-7-11-19(18)23/h3-11,14-16H,12-13H2,1-2H3,(H,22,24). The van der Waals surface area contributed by atoms with Crippen molar-refractivity contribution in [2.45, 2.75) is 38.8 Å². The summed E-state index contributed by atoms with van der Waals surface area (Å²) in [4.78, 5) is 16.9. The fourth-order valence-corrected chi connectivity index (χ4v) is 2.88. The van der Waals surface area contributed by atoms with Crippen molar-refractivity contribution < 1.29 is 4.79 Å². The van der Waals surface area contributed by atoms with Gasteiger partial charge in [0.15, 0.2) is 0 Å². The third kappa shape index (κ3) is 3.65. The lowest BCUT2D eigenvalue weighted by Crippen LogP contribution is -2.37. The average Bonchev–Trinajstić information content (AvgIpc) is 3.04. The molecule has 3 aromatic rings. The van der Waals surface area contributed by atoms with E-state index in [1.54, 1.807) is 6.33 Å². The Balaban J connectivity index is 1.59. The Morgan fingerprint density at radius 2 is 1.79 bits per heavy atom. The van der Waals surface area contributed by atoms with Crippen molar-refractivity contribution in [3.8, 4) is 0 Å². The summed E-state index contributed by atoms with van der Waals surface area (Å²) < 4.78 is 1.93. The van der Waals surface area contributed by atoms with E-state index in [0.29, 0.717) is 0 Å². The van der Waals surface area contributed by atoms with E-state index in [-0.39, 0.29) is 18.0 Å². The minimum absolute atomic E-state index is 0.0266. The monoisotopic (exact) mass is 321 g/mol. The molecular weight excluding hydrogens is 298 g/mol. The Hall–Kier alpha value is -2.62. The van der Waals surface area contributed by atoms with Crippen molar-refractivity contribution in [1.29, 1.82) is 0 Å². The predicted molar refractivity (Wildman–Crippen MR) is 96.8 cm³/mol. The van der Waals surface area contributed by atoms with Crippen LogP contribution in [-0.2, 0) is 11.2 Å². The molecule has 1 N–H and O–H groups in total. The molecule has 1 aromatic heterocycles. The summed E-state index contributed by atoms with van der Waals surface area (Å²) in [6.07, 6.45) is 3.63. The molecule has 0 aliphatic carbocycles. The summed E-state index contributed by atoms with van der Waals surface area (Å²) in [5.74, 6) is 0.0266. The lowest BCUT2D eigenvalue weighted by atomic mass is 10.1. The number of para-hydroxylation sites is 2. The summed E-state index contributed by atoms with van der Waals surface area (Å²) in [6, 6.07) is 18.1. The van der Waals surface area contributed by atoms with Crippen LogP contribution in [0.25, 0.3) is 11.0 Å². The van der Waals surface area contributed by atoms with Crippen molar-refractivity contribution in [1.82, 2.24) is 14.9 Å². The van der Waals surface area contributed by atoms with Crippen molar-refractivity contribution >= 4 is 16.9 Å². The summed E-state index contributed by atoms with van der Waals surface area (Å²) in [6.45, 7) is 3.97. The number of hydrogen-bond acceptors (Lipinski definition) is 2. The van der Waals surface area contributed by atoms with Crippen molar-refractivity contribution in [3.63, 3.8) is 0 Å². The number of benzene rings is 2. The van der Waals surface area contributed by atoms with Gasteiger partial charge >= 0.3 is 0 Å². The van der Waals surface area contributed by atoms with Crippen LogP contribution >= 0.6 is 0 Å². The third-order valence-corrected chi connectivity index (χ3v) is 4.38. The predicted octanol–water partition coefficient (Wildman–Crippen LogP) is 3.73. The van der Waals surface area contributed by atoms with E-state index >= 15 is 0 Å². The number of carbonyl (C=O) groups excluding carboxylic acids is 1. The zero-order valence-corrected chi connectivity index (χ0v) is 14.1. The average molecular weight is 321 g/mol. The summed E-state index contributed by atoms with van der Waals surface area (Å²) in [5, 5.41) is 3.12. The Morgan fingerprint density at radius 3 is 2.58 bits per heavy atom. The van der Waals surface area contributed by atoms with Gasteiger partial charge in [-0.1, -0.05) is 42.5 Å².